The van der Waals surface area contributed by atoms with Crippen LogP contribution in [-0.4, -0.2) is 23.0 Å². The SMILES string of the molecule is O=[N+]([O-])c1ccc(N2CC3CC=CCC3C2)nc1. The third-order valence-corrected chi connectivity index (χ3v) is 3.89. The van der Waals surface area contributed by atoms with Gasteiger partial charge in [0.05, 0.1) is 4.92 Å². The molecule has 0 bridgehead atoms. The lowest BCUT2D eigenvalue weighted by molar-refractivity contribution is -0.385. The fraction of sp³-hybridized carbons (Fsp3) is 0.462. The van der Waals surface area contributed by atoms with E-state index in [9.17, 15) is 10.1 Å². The van der Waals surface area contributed by atoms with Crippen molar-refractivity contribution in [3.63, 3.8) is 0 Å². The zero-order chi connectivity index (χ0) is 12.5. The molecule has 1 aromatic rings. The number of aromatic nitrogens is 1. The van der Waals surface area contributed by atoms with Gasteiger partial charge in [0.2, 0.25) is 0 Å². The van der Waals surface area contributed by atoms with Crippen molar-refractivity contribution in [3.05, 3.63) is 40.6 Å². The van der Waals surface area contributed by atoms with Gasteiger partial charge in [0.25, 0.3) is 5.69 Å². The Labute approximate surface area is 105 Å². The van der Waals surface area contributed by atoms with Crippen LogP contribution in [0, 0.1) is 22.0 Å². The third-order valence-electron chi connectivity index (χ3n) is 3.89. The minimum Gasteiger partial charge on any atom is -0.356 e. The summed E-state index contributed by atoms with van der Waals surface area (Å²) in [4.78, 5) is 16.6. The molecule has 1 saturated heterocycles. The van der Waals surface area contributed by atoms with Crippen LogP contribution in [0.5, 0.6) is 0 Å². The van der Waals surface area contributed by atoms with Crippen LogP contribution in [0.3, 0.4) is 0 Å². The molecule has 2 aliphatic rings. The molecule has 0 radical (unpaired) electrons. The lowest BCUT2D eigenvalue weighted by Gasteiger charge is -2.17. The molecule has 1 aromatic heterocycles. The van der Waals surface area contributed by atoms with Crippen molar-refractivity contribution in [2.24, 2.45) is 11.8 Å². The Kier molecular flexibility index (Phi) is 2.74. The zero-order valence-corrected chi connectivity index (χ0v) is 10.0. The van der Waals surface area contributed by atoms with E-state index in [0.29, 0.717) is 11.8 Å². The van der Waals surface area contributed by atoms with Gasteiger partial charge in [0, 0.05) is 19.2 Å². The van der Waals surface area contributed by atoms with Crippen molar-refractivity contribution in [1.29, 1.82) is 0 Å². The van der Waals surface area contributed by atoms with Crippen LogP contribution in [0.4, 0.5) is 11.5 Å². The Morgan fingerprint density at radius 3 is 2.39 bits per heavy atom. The van der Waals surface area contributed by atoms with E-state index < -0.39 is 4.92 Å². The summed E-state index contributed by atoms with van der Waals surface area (Å²) in [5.74, 6) is 2.29. The Morgan fingerprint density at radius 1 is 1.22 bits per heavy atom. The maximum atomic E-state index is 10.6. The molecule has 1 fully saturated rings. The smallest absolute Gasteiger partial charge is 0.287 e. The Morgan fingerprint density at radius 2 is 1.89 bits per heavy atom. The first kappa shape index (κ1) is 11.2. The van der Waals surface area contributed by atoms with Gasteiger partial charge in [0.15, 0.2) is 0 Å². The molecule has 0 spiro atoms. The molecule has 5 heteroatoms. The molecule has 0 saturated carbocycles. The molecule has 1 aliphatic heterocycles. The van der Waals surface area contributed by atoms with E-state index in [1.807, 2.05) is 0 Å². The van der Waals surface area contributed by atoms with E-state index in [0.717, 1.165) is 31.7 Å². The van der Waals surface area contributed by atoms with Gasteiger partial charge in [0.1, 0.15) is 12.0 Å². The largest absolute Gasteiger partial charge is 0.356 e. The highest BCUT2D eigenvalue weighted by Gasteiger charge is 2.33. The Hall–Kier alpha value is -1.91. The molecule has 0 aromatic carbocycles. The van der Waals surface area contributed by atoms with E-state index in [4.69, 9.17) is 0 Å². The van der Waals surface area contributed by atoms with Crippen LogP contribution in [-0.2, 0) is 0 Å². The highest BCUT2D eigenvalue weighted by Crippen LogP contribution is 2.34. The highest BCUT2D eigenvalue weighted by atomic mass is 16.6. The topological polar surface area (TPSA) is 59.3 Å². The summed E-state index contributed by atoms with van der Waals surface area (Å²) in [6.07, 6.45) is 8.15. The number of allylic oxidation sites excluding steroid dienone is 2. The fourth-order valence-corrected chi connectivity index (χ4v) is 2.88. The van der Waals surface area contributed by atoms with Crippen LogP contribution in [0.15, 0.2) is 30.5 Å². The second-order valence-corrected chi connectivity index (χ2v) is 5.00. The molecular formula is C13H15N3O2. The summed E-state index contributed by atoms with van der Waals surface area (Å²) in [5.41, 5.74) is 0.0528. The van der Waals surface area contributed by atoms with Crippen molar-refractivity contribution in [1.82, 2.24) is 4.98 Å². The van der Waals surface area contributed by atoms with Crippen molar-refractivity contribution in [2.75, 3.05) is 18.0 Å². The Bertz CT molecular complexity index is 468. The number of rotatable bonds is 2. The molecule has 0 N–H and O–H groups in total. The number of anilines is 1. The van der Waals surface area contributed by atoms with E-state index in [1.54, 1.807) is 6.07 Å². The van der Waals surface area contributed by atoms with E-state index in [1.165, 1.54) is 12.3 Å². The van der Waals surface area contributed by atoms with Gasteiger partial charge in [-0.15, -0.1) is 0 Å². The van der Waals surface area contributed by atoms with E-state index in [2.05, 4.69) is 22.0 Å². The number of nitro groups is 1. The van der Waals surface area contributed by atoms with Gasteiger partial charge in [-0.3, -0.25) is 10.1 Å². The van der Waals surface area contributed by atoms with Crippen LogP contribution < -0.4 is 4.90 Å². The summed E-state index contributed by atoms with van der Waals surface area (Å²) in [5, 5.41) is 10.6. The summed E-state index contributed by atoms with van der Waals surface area (Å²) in [6.45, 7) is 2.03. The fourth-order valence-electron chi connectivity index (χ4n) is 2.88. The van der Waals surface area contributed by atoms with Crippen LogP contribution in [0.25, 0.3) is 0 Å². The average Bonchev–Trinajstić information content (AvgIpc) is 2.82. The molecule has 5 nitrogen and oxygen atoms in total. The van der Waals surface area contributed by atoms with Crippen molar-refractivity contribution in [2.45, 2.75) is 12.8 Å². The summed E-state index contributed by atoms with van der Waals surface area (Å²) in [7, 11) is 0. The van der Waals surface area contributed by atoms with Gasteiger partial charge in [-0.25, -0.2) is 4.98 Å². The van der Waals surface area contributed by atoms with Gasteiger partial charge in [-0.05, 0) is 30.7 Å². The first-order valence-corrected chi connectivity index (χ1v) is 6.24. The average molecular weight is 245 g/mol. The number of pyridine rings is 1. The normalized spacial score (nSPS) is 26.1. The first-order valence-electron chi connectivity index (χ1n) is 6.24. The van der Waals surface area contributed by atoms with Gasteiger partial charge < -0.3 is 4.90 Å². The summed E-state index contributed by atoms with van der Waals surface area (Å²) >= 11 is 0. The molecule has 0 amide bonds. The molecule has 18 heavy (non-hydrogen) atoms. The lowest BCUT2D eigenvalue weighted by Crippen LogP contribution is -2.20. The molecule has 2 unspecified atom stereocenters. The zero-order valence-electron chi connectivity index (χ0n) is 10.0. The monoisotopic (exact) mass is 245 g/mol. The third kappa shape index (κ3) is 1.96. The van der Waals surface area contributed by atoms with E-state index >= 15 is 0 Å². The second-order valence-electron chi connectivity index (χ2n) is 5.00. The van der Waals surface area contributed by atoms with Crippen LogP contribution >= 0.6 is 0 Å². The first-order chi connectivity index (χ1) is 8.74. The van der Waals surface area contributed by atoms with Crippen molar-refractivity contribution >= 4 is 11.5 Å². The van der Waals surface area contributed by atoms with Gasteiger partial charge in [-0.2, -0.15) is 0 Å². The minimum absolute atomic E-state index is 0.0528. The molecule has 2 atom stereocenters. The lowest BCUT2D eigenvalue weighted by atomic mass is 9.86. The maximum absolute atomic E-state index is 10.6. The van der Waals surface area contributed by atoms with Gasteiger partial charge in [-0.1, -0.05) is 12.2 Å². The maximum Gasteiger partial charge on any atom is 0.287 e. The molecule has 2 heterocycles. The molecular weight excluding hydrogens is 230 g/mol. The number of fused-ring (bicyclic) bond motifs is 1. The number of hydrogen-bond acceptors (Lipinski definition) is 4. The molecule has 1 aliphatic carbocycles. The Balaban J connectivity index is 1.74. The minimum atomic E-state index is -0.412. The van der Waals surface area contributed by atoms with Crippen molar-refractivity contribution < 1.29 is 4.92 Å². The highest BCUT2D eigenvalue weighted by molar-refractivity contribution is 5.44. The van der Waals surface area contributed by atoms with Crippen molar-refractivity contribution in [3.8, 4) is 0 Å². The quantitative estimate of drug-likeness (QED) is 0.456. The van der Waals surface area contributed by atoms with Gasteiger partial charge >= 0.3 is 0 Å². The van der Waals surface area contributed by atoms with Crippen LogP contribution in [0.2, 0.25) is 0 Å². The number of nitrogens with zero attached hydrogens (tertiary/aromatic N) is 3. The standard InChI is InChI=1S/C13H15N3O2/c17-16(18)12-5-6-13(14-7-12)15-8-10-3-1-2-4-11(10)9-15/h1-2,5-7,10-11H,3-4,8-9H2. The van der Waals surface area contributed by atoms with E-state index in [-0.39, 0.29) is 5.69 Å². The number of hydrogen-bond donors (Lipinski definition) is 0. The molecule has 3 rings (SSSR count). The molecule has 94 valence electrons. The summed E-state index contributed by atoms with van der Waals surface area (Å²) in [6, 6.07) is 3.28. The second kappa shape index (κ2) is 4.40. The predicted octanol–water partition coefficient (Wildman–Crippen LogP) is 2.39. The summed E-state index contributed by atoms with van der Waals surface area (Å²) < 4.78 is 0. The predicted molar refractivity (Wildman–Crippen MR) is 68.5 cm³/mol. The van der Waals surface area contributed by atoms with Crippen LogP contribution in [0.1, 0.15) is 12.8 Å².